The molecule has 1 N–H and O–H groups in total. The highest BCUT2D eigenvalue weighted by molar-refractivity contribution is 7.13. The average Bonchev–Trinajstić information content (AvgIpc) is 3.31. The average molecular weight is 471 g/mol. The Bertz CT molecular complexity index is 1380. The van der Waals surface area contributed by atoms with Crippen molar-refractivity contribution in [2.45, 2.75) is 13.3 Å². The van der Waals surface area contributed by atoms with Crippen molar-refractivity contribution in [3.8, 4) is 22.7 Å². The Hall–Kier alpha value is -4.13. The molecule has 4 aromatic heterocycles. The molecule has 0 spiro atoms. The number of rotatable bonds is 6. The number of hydrogen-bond donors (Lipinski definition) is 1. The molecule has 0 fully saturated rings. The Labute approximate surface area is 188 Å². The molecule has 0 aromatic carbocycles. The van der Waals surface area contributed by atoms with E-state index in [-0.39, 0.29) is 33.4 Å². The number of alkyl halides is 2. The minimum Gasteiger partial charge on any atom is -0.494 e. The number of nitrogens with zero attached hydrogens (tertiary/aromatic N) is 6. The first kappa shape index (κ1) is 22.1. The van der Waals surface area contributed by atoms with E-state index >= 15 is 0 Å². The first-order valence-electron chi connectivity index (χ1n) is 9.33. The van der Waals surface area contributed by atoms with Crippen LogP contribution in [-0.2, 0) is 0 Å². The summed E-state index contributed by atoms with van der Waals surface area (Å²) in [4.78, 5) is 33.3. The predicted octanol–water partition coefficient (Wildman–Crippen LogP) is 3.05. The summed E-state index contributed by atoms with van der Waals surface area (Å²) in [5.41, 5.74) is 1.50. The quantitative estimate of drug-likeness (QED) is 0.455. The number of carbonyl (C=O) groups excluding carboxylic acids is 1. The van der Waals surface area contributed by atoms with Crippen LogP contribution in [0.2, 0.25) is 0 Å². The van der Waals surface area contributed by atoms with Crippen molar-refractivity contribution < 1.29 is 18.3 Å². The molecule has 0 unspecified atom stereocenters. The lowest BCUT2D eigenvalue weighted by Gasteiger charge is -2.15. The second-order valence-electron chi connectivity index (χ2n) is 6.68. The van der Waals surface area contributed by atoms with Gasteiger partial charge in [0, 0.05) is 23.4 Å². The van der Waals surface area contributed by atoms with E-state index < -0.39 is 23.6 Å². The third-order valence-electron chi connectivity index (χ3n) is 4.49. The Kier molecular flexibility index (Phi) is 6.13. The second kappa shape index (κ2) is 9.16. The molecule has 0 radical (unpaired) electrons. The highest BCUT2D eigenvalue weighted by Crippen LogP contribution is 2.35. The van der Waals surface area contributed by atoms with E-state index in [1.165, 1.54) is 37.1 Å². The van der Waals surface area contributed by atoms with Gasteiger partial charge in [-0.15, -0.1) is 10.2 Å². The van der Waals surface area contributed by atoms with Crippen LogP contribution in [0.5, 0.6) is 5.75 Å². The van der Waals surface area contributed by atoms with E-state index in [1.807, 2.05) is 0 Å². The van der Waals surface area contributed by atoms with Gasteiger partial charge in [0.1, 0.15) is 17.0 Å². The smallest absolute Gasteiger partial charge is 0.280 e. The molecular formula is C20H15F2N7O3S. The third-order valence-corrected chi connectivity index (χ3v) is 5.10. The largest absolute Gasteiger partial charge is 0.494 e. The standard InChI is InChI=1S/C20H15F2N7O3S/c1-10-3-17(30)29(26-6-10)16-5-11(12-4-14(18(21)22)23-8-15(12)32-2)13(7-24-16)19(31)27-20-28-25-9-33-20/h3-9,18H,1-2H3,(H,27,28,31). The van der Waals surface area contributed by atoms with Gasteiger partial charge in [-0.3, -0.25) is 19.9 Å². The number of anilines is 1. The van der Waals surface area contributed by atoms with E-state index in [9.17, 15) is 18.4 Å². The van der Waals surface area contributed by atoms with Crippen LogP contribution in [-0.4, -0.2) is 43.0 Å². The number of aromatic nitrogens is 6. The monoisotopic (exact) mass is 471 g/mol. The summed E-state index contributed by atoms with van der Waals surface area (Å²) in [7, 11) is 1.34. The molecule has 4 heterocycles. The van der Waals surface area contributed by atoms with Crippen LogP contribution in [0.4, 0.5) is 13.9 Å². The summed E-state index contributed by atoms with van der Waals surface area (Å²) in [6.07, 6.45) is 0.980. The van der Waals surface area contributed by atoms with Crippen LogP contribution in [0.25, 0.3) is 16.9 Å². The van der Waals surface area contributed by atoms with Crippen molar-refractivity contribution in [2.75, 3.05) is 12.4 Å². The van der Waals surface area contributed by atoms with E-state index in [4.69, 9.17) is 4.74 Å². The lowest BCUT2D eigenvalue weighted by atomic mass is 10.00. The predicted molar refractivity (Wildman–Crippen MR) is 115 cm³/mol. The molecule has 13 heteroatoms. The summed E-state index contributed by atoms with van der Waals surface area (Å²) in [6.45, 7) is 1.71. The molecule has 168 valence electrons. The van der Waals surface area contributed by atoms with Crippen molar-refractivity contribution in [1.29, 1.82) is 0 Å². The normalized spacial score (nSPS) is 10.9. The Morgan fingerprint density at radius 2 is 1.97 bits per heavy atom. The van der Waals surface area contributed by atoms with Crippen LogP contribution >= 0.6 is 11.3 Å². The highest BCUT2D eigenvalue weighted by Gasteiger charge is 2.22. The molecule has 1 amide bonds. The van der Waals surface area contributed by atoms with E-state index in [2.05, 4.69) is 30.6 Å². The SMILES string of the molecule is COc1cnc(C(F)F)cc1-c1cc(-n2ncc(C)cc2=O)ncc1C(=O)Nc1nncs1. The topological polar surface area (TPSA) is 125 Å². The number of aryl methyl sites for hydroxylation is 1. The maximum absolute atomic E-state index is 13.4. The van der Waals surface area contributed by atoms with Crippen molar-refractivity contribution in [1.82, 2.24) is 29.9 Å². The van der Waals surface area contributed by atoms with Gasteiger partial charge in [0.25, 0.3) is 17.9 Å². The van der Waals surface area contributed by atoms with Gasteiger partial charge >= 0.3 is 0 Å². The first-order chi connectivity index (χ1) is 15.9. The van der Waals surface area contributed by atoms with Crippen LogP contribution in [0.1, 0.15) is 28.0 Å². The molecule has 0 saturated carbocycles. The van der Waals surface area contributed by atoms with Gasteiger partial charge in [-0.25, -0.2) is 13.8 Å². The van der Waals surface area contributed by atoms with Crippen LogP contribution < -0.4 is 15.6 Å². The Morgan fingerprint density at radius 1 is 1.15 bits per heavy atom. The van der Waals surface area contributed by atoms with Crippen molar-refractivity contribution in [3.63, 3.8) is 0 Å². The van der Waals surface area contributed by atoms with Gasteiger partial charge < -0.3 is 4.74 Å². The number of pyridine rings is 2. The maximum atomic E-state index is 13.4. The summed E-state index contributed by atoms with van der Waals surface area (Å²) in [5, 5.41) is 14.3. The fourth-order valence-corrected chi connectivity index (χ4v) is 3.42. The molecule has 4 rings (SSSR count). The second-order valence-corrected chi connectivity index (χ2v) is 7.51. The van der Waals surface area contributed by atoms with Gasteiger partial charge in [0.05, 0.1) is 25.1 Å². The highest BCUT2D eigenvalue weighted by atomic mass is 32.1. The summed E-state index contributed by atoms with van der Waals surface area (Å²) < 4.78 is 33.1. The summed E-state index contributed by atoms with van der Waals surface area (Å²) >= 11 is 1.10. The maximum Gasteiger partial charge on any atom is 0.280 e. The number of halogens is 2. The van der Waals surface area contributed by atoms with Gasteiger partial charge in [0.2, 0.25) is 5.13 Å². The van der Waals surface area contributed by atoms with Gasteiger partial charge in [-0.2, -0.15) is 9.78 Å². The van der Waals surface area contributed by atoms with Gasteiger partial charge in [0.15, 0.2) is 5.82 Å². The Balaban J connectivity index is 1.92. The molecule has 0 aliphatic carbocycles. The van der Waals surface area contributed by atoms with Crippen molar-refractivity contribution in [3.05, 3.63) is 69.5 Å². The molecular weight excluding hydrogens is 456 g/mol. The van der Waals surface area contributed by atoms with E-state index in [0.717, 1.165) is 28.3 Å². The lowest BCUT2D eigenvalue weighted by molar-refractivity contribution is 0.102. The number of nitrogens with one attached hydrogen (secondary N) is 1. The van der Waals surface area contributed by atoms with Crippen molar-refractivity contribution in [2.24, 2.45) is 0 Å². The van der Waals surface area contributed by atoms with Crippen LogP contribution in [0.15, 0.2) is 47.1 Å². The van der Waals surface area contributed by atoms with Crippen molar-refractivity contribution >= 4 is 22.4 Å². The minimum atomic E-state index is -2.85. The van der Waals surface area contributed by atoms with E-state index in [0.29, 0.717) is 5.56 Å². The fraction of sp³-hybridized carbons (Fsp3) is 0.150. The van der Waals surface area contributed by atoms with Gasteiger partial charge in [-0.05, 0) is 24.6 Å². The van der Waals surface area contributed by atoms with Crippen LogP contribution in [0, 0.1) is 6.92 Å². The zero-order chi connectivity index (χ0) is 23.5. The molecule has 4 aromatic rings. The zero-order valence-corrected chi connectivity index (χ0v) is 18.0. The number of ether oxygens (including phenoxy) is 1. The van der Waals surface area contributed by atoms with E-state index in [1.54, 1.807) is 6.92 Å². The number of carbonyl (C=O) groups is 1. The Morgan fingerprint density at radius 3 is 2.64 bits per heavy atom. The molecule has 0 bridgehead atoms. The fourth-order valence-electron chi connectivity index (χ4n) is 2.98. The zero-order valence-electron chi connectivity index (χ0n) is 17.2. The molecule has 0 aliphatic rings. The first-order valence-corrected chi connectivity index (χ1v) is 10.2. The van der Waals surface area contributed by atoms with Gasteiger partial charge in [-0.1, -0.05) is 11.3 Å². The lowest BCUT2D eigenvalue weighted by Crippen LogP contribution is -2.22. The minimum absolute atomic E-state index is 0.0267. The summed E-state index contributed by atoms with van der Waals surface area (Å²) in [5.74, 6) is -0.381. The number of amides is 1. The summed E-state index contributed by atoms with van der Waals surface area (Å²) in [6, 6.07) is 3.88. The third kappa shape index (κ3) is 4.57. The molecule has 0 atom stereocenters. The van der Waals surface area contributed by atoms with Crippen LogP contribution in [0.3, 0.4) is 0 Å². The molecule has 0 aliphatic heterocycles. The molecule has 0 saturated heterocycles. The molecule has 33 heavy (non-hydrogen) atoms. The molecule has 10 nitrogen and oxygen atoms in total. The number of methoxy groups -OCH3 is 1. The number of hydrogen-bond acceptors (Lipinski definition) is 9.